The molecule has 6 N–H and O–H groups in total. The topological polar surface area (TPSA) is 137 Å². The van der Waals surface area contributed by atoms with E-state index >= 15 is 0 Å². The van der Waals surface area contributed by atoms with Crippen LogP contribution in [0.5, 0.6) is 11.5 Å². The second-order valence-electron chi connectivity index (χ2n) is 8.23. The number of methoxy groups -OCH3 is 2. The summed E-state index contributed by atoms with van der Waals surface area (Å²) >= 11 is 0. The minimum absolute atomic E-state index is 0.0522. The average Bonchev–Trinajstić information content (AvgIpc) is 2.57. The number of nitrogen functional groups attached to an aromatic ring is 1. The Morgan fingerprint density at radius 1 is 1.24 bits per heavy atom. The molecule has 0 amide bonds. The molecule has 1 aromatic rings. The maximum Gasteiger partial charge on any atom is 0.277 e. The highest BCUT2D eigenvalue weighted by molar-refractivity contribution is 7.86. The van der Waals surface area contributed by atoms with Gasteiger partial charge in [0.25, 0.3) is 10.2 Å². The molecule has 162 valence electrons. The van der Waals surface area contributed by atoms with Crippen LogP contribution in [0, 0.1) is 5.41 Å². The molecule has 29 heavy (non-hydrogen) atoms. The van der Waals surface area contributed by atoms with Gasteiger partial charge >= 0.3 is 0 Å². The van der Waals surface area contributed by atoms with Gasteiger partial charge in [0.15, 0.2) is 11.5 Å². The van der Waals surface area contributed by atoms with Crippen LogP contribution < -0.4 is 26.1 Å². The molecule has 1 heterocycles. The number of hydrogen-bond acceptors (Lipinski definition) is 7. The Kier molecular flexibility index (Phi) is 5.63. The Labute approximate surface area is 172 Å². The first-order valence-corrected chi connectivity index (χ1v) is 11.1. The number of anilines is 1. The predicted molar refractivity (Wildman–Crippen MR) is 113 cm³/mol. The van der Waals surface area contributed by atoms with Crippen molar-refractivity contribution in [2.45, 2.75) is 38.8 Å². The van der Waals surface area contributed by atoms with Gasteiger partial charge in [0.1, 0.15) is 0 Å². The maximum atomic E-state index is 11.9. The predicted octanol–water partition coefficient (Wildman–Crippen LogP) is 0.921. The highest BCUT2D eigenvalue weighted by Crippen LogP contribution is 2.53. The van der Waals surface area contributed by atoms with Crippen LogP contribution in [0.25, 0.3) is 5.70 Å². The van der Waals surface area contributed by atoms with E-state index in [2.05, 4.69) is 4.90 Å². The lowest BCUT2D eigenvalue weighted by atomic mass is 9.60. The Morgan fingerprint density at radius 3 is 2.24 bits per heavy atom. The van der Waals surface area contributed by atoms with Gasteiger partial charge in [-0.15, -0.1) is 0 Å². The second-order valence-corrected chi connectivity index (χ2v) is 9.68. The Hall–Kier alpha value is -2.17. The third-order valence-corrected chi connectivity index (χ3v) is 7.19. The largest absolute Gasteiger partial charge is 0.493 e. The van der Waals surface area contributed by atoms with Gasteiger partial charge in [-0.05, 0) is 32.8 Å². The first-order valence-electron chi connectivity index (χ1n) is 9.55. The summed E-state index contributed by atoms with van der Waals surface area (Å²) in [6.07, 6.45) is 3.13. The number of hydrogen-bond donors (Lipinski definition) is 3. The number of rotatable bonds is 7. The van der Waals surface area contributed by atoms with Crippen molar-refractivity contribution in [2.75, 3.05) is 33.0 Å². The monoisotopic (exact) mass is 425 g/mol. The van der Waals surface area contributed by atoms with Crippen LogP contribution >= 0.6 is 0 Å². The minimum atomic E-state index is -3.71. The molecule has 0 unspecified atom stereocenters. The summed E-state index contributed by atoms with van der Waals surface area (Å²) in [7, 11) is -0.577. The molecule has 1 aliphatic heterocycles. The molecule has 2 fully saturated rings. The molecule has 0 aromatic heterocycles. The fourth-order valence-corrected chi connectivity index (χ4v) is 5.87. The van der Waals surface area contributed by atoms with Gasteiger partial charge in [-0.2, -0.15) is 12.7 Å². The lowest BCUT2D eigenvalue weighted by Crippen LogP contribution is -2.67. The molecular formula is C19H31N5O4S. The number of nitrogens with two attached hydrogens (primary N) is 3. The normalized spacial score (nSPS) is 19.4. The van der Waals surface area contributed by atoms with Crippen molar-refractivity contribution in [3.63, 3.8) is 0 Å². The standard InChI is InChI=1S/C19H31N5O4S/c1-12(2)24(29(22,25)26)13-7-19(8-13)10-23(11-19)16(9-20)14-5-17(27-3)18(28-4)6-15(14)21/h5-6,9,12-13H,7-8,10-11,20-21H2,1-4H3,(H2,22,25,26)/b16-9+. The van der Waals surface area contributed by atoms with Crippen molar-refractivity contribution in [3.8, 4) is 11.5 Å². The van der Waals surface area contributed by atoms with Gasteiger partial charge in [-0.3, -0.25) is 0 Å². The van der Waals surface area contributed by atoms with Crippen LogP contribution in [0.1, 0.15) is 32.3 Å². The van der Waals surface area contributed by atoms with Crippen molar-refractivity contribution in [1.82, 2.24) is 9.21 Å². The SMILES string of the molecule is COc1cc(N)c(/C(=C\N)N2CC3(CC(N(C(C)C)S(N)(=O)=O)C3)C2)cc1OC. The summed E-state index contributed by atoms with van der Waals surface area (Å²) in [6, 6.07) is 3.33. The first-order chi connectivity index (χ1) is 13.5. The molecule has 0 atom stereocenters. The van der Waals surface area contributed by atoms with E-state index in [4.69, 9.17) is 26.1 Å². The van der Waals surface area contributed by atoms with Crippen LogP contribution in [0.15, 0.2) is 18.3 Å². The summed E-state index contributed by atoms with van der Waals surface area (Å²) < 4.78 is 35.9. The number of nitrogens with zero attached hydrogens (tertiary/aromatic N) is 2. The molecule has 1 spiro atoms. The zero-order valence-electron chi connectivity index (χ0n) is 17.4. The van der Waals surface area contributed by atoms with Gasteiger partial charge in [0, 0.05) is 54.1 Å². The second kappa shape index (κ2) is 7.58. The minimum Gasteiger partial charge on any atom is -0.493 e. The quantitative estimate of drug-likeness (QED) is 0.552. The van der Waals surface area contributed by atoms with E-state index in [1.807, 2.05) is 19.9 Å². The van der Waals surface area contributed by atoms with E-state index < -0.39 is 10.2 Å². The van der Waals surface area contributed by atoms with Gasteiger partial charge in [-0.25, -0.2) is 5.14 Å². The van der Waals surface area contributed by atoms with E-state index in [1.54, 1.807) is 26.5 Å². The van der Waals surface area contributed by atoms with E-state index in [0.717, 1.165) is 37.2 Å². The van der Waals surface area contributed by atoms with Gasteiger partial charge in [0.05, 0.1) is 19.9 Å². The summed E-state index contributed by atoms with van der Waals surface area (Å²) in [6.45, 7) is 5.27. The van der Waals surface area contributed by atoms with Crippen LogP contribution in [-0.4, -0.2) is 57.0 Å². The van der Waals surface area contributed by atoms with Gasteiger partial charge in [-0.1, -0.05) is 0 Å². The van der Waals surface area contributed by atoms with Crippen LogP contribution in [-0.2, 0) is 10.2 Å². The van der Waals surface area contributed by atoms with Crippen molar-refractivity contribution in [2.24, 2.45) is 16.3 Å². The molecule has 1 saturated heterocycles. The zero-order valence-corrected chi connectivity index (χ0v) is 18.2. The Bertz CT molecular complexity index is 901. The third-order valence-electron chi connectivity index (χ3n) is 5.88. The molecule has 10 heteroatoms. The number of ether oxygens (including phenoxy) is 2. The fraction of sp³-hybridized carbons (Fsp3) is 0.579. The molecule has 0 radical (unpaired) electrons. The van der Waals surface area contributed by atoms with Crippen LogP contribution in [0.3, 0.4) is 0 Å². The molecule has 1 aromatic carbocycles. The summed E-state index contributed by atoms with van der Waals surface area (Å²) in [4.78, 5) is 2.16. The maximum absolute atomic E-state index is 11.9. The molecule has 2 aliphatic rings. The summed E-state index contributed by atoms with van der Waals surface area (Å²) in [5.41, 5.74) is 14.4. The van der Waals surface area contributed by atoms with Crippen molar-refractivity contribution < 1.29 is 17.9 Å². The summed E-state index contributed by atoms with van der Waals surface area (Å²) in [5, 5.41) is 5.41. The lowest BCUT2D eigenvalue weighted by Gasteiger charge is -2.62. The Balaban J connectivity index is 1.71. The van der Waals surface area contributed by atoms with E-state index in [9.17, 15) is 8.42 Å². The Morgan fingerprint density at radius 2 is 1.79 bits per heavy atom. The van der Waals surface area contributed by atoms with E-state index in [0.29, 0.717) is 17.2 Å². The first kappa shape index (κ1) is 21.5. The van der Waals surface area contributed by atoms with E-state index in [1.165, 1.54) is 4.31 Å². The summed E-state index contributed by atoms with van der Waals surface area (Å²) in [5.74, 6) is 1.14. The average molecular weight is 426 g/mol. The van der Waals surface area contributed by atoms with Gasteiger partial charge < -0.3 is 25.8 Å². The molecule has 3 rings (SSSR count). The van der Waals surface area contributed by atoms with E-state index in [-0.39, 0.29) is 17.5 Å². The molecule has 1 saturated carbocycles. The van der Waals surface area contributed by atoms with Crippen molar-refractivity contribution >= 4 is 21.6 Å². The third kappa shape index (κ3) is 3.84. The fourth-order valence-electron chi connectivity index (χ4n) is 4.72. The lowest BCUT2D eigenvalue weighted by molar-refractivity contribution is -0.0708. The number of likely N-dealkylation sites (tertiary alicyclic amines) is 1. The van der Waals surface area contributed by atoms with Crippen LogP contribution in [0.2, 0.25) is 0 Å². The number of benzene rings is 1. The van der Waals surface area contributed by atoms with Crippen LogP contribution in [0.4, 0.5) is 5.69 Å². The molecular weight excluding hydrogens is 394 g/mol. The zero-order chi connectivity index (χ0) is 21.6. The highest BCUT2D eigenvalue weighted by Gasteiger charge is 2.56. The smallest absolute Gasteiger partial charge is 0.277 e. The van der Waals surface area contributed by atoms with Crippen molar-refractivity contribution in [3.05, 3.63) is 23.9 Å². The molecule has 1 aliphatic carbocycles. The van der Waals surface area contributed by atoms with Crippen molar-refractivity contribution in [1.29, 1.82) is 0 Å². The molecule has 0 bridgehead atoms. The van der Waals surface area contributed by atoms with Gasteiger partial charge in [0.2, 0.25) is 0 Å². The highest BCUT2D eigenvalue weighted by atomic mass is 32.2. The molecule has 9 nitrogen and oxygen atoms in total.